The lowest BCUT2D eigenvalue weighted by atomic mass is 9.59. The van der Waals surface area contributed by atoms with Gasteiger partial charge in [0.15, 0.2) is 5.78 Å². The van der Waals surface area contributed by atoms with E-state index in [4.69, 9.17) is 4.98 Å². The summed E-state index contributed by atoms with van der Waals surface area (Å²) in [5.74, 6) is 1.31. The molecule has 6 nitrogen and oxygen atoms in total. The van der Waals surface area contributed by atoms with Crippen LogP contribution in [-0.2, 0) is 23.7 Å². The topological polar surface area (TPSA) is 72.9 Å². The average Bonchev–Trinajstić information content (AvgIpc) is 3.10. The molecule has 0 bridgehead atoms. The number of nitrogens with zero attached hydrogens (tertiary/aromatic N) is 4. The molecule has 2 aliphatic rings. The fourth-order valence-electron chi connectivity index (χ4n) is 4.48. The van der Waals surface area contributed by atoms with Crippen LogP contribution in [0.5, 0.6) is 0 Å². The second-order valence-electron chi connectivity index (χ2n) is 7.27. The summed E-state index contributed by atoms with van der Waals surface area (Å²) in [6, 6.07) is 0. The van der Waals surface area contributed by atoms with Gasteiger partial charge >= 0.3 is 0 Å². The van der Waals surface area contributed by atoms with Crippen LogP contribution in [0.3, 0.4) is 0 Å². The summed E-state index contributed by atoms with van der Waals surface area (Å²) < 4.78 is 3.98. The highest BCUT2D eigenvalue weighted by molar-refractivity contribution is 5.96. The number of allylic oxidation sites excluding steroid dienone is 1. The fraction of sp³-hybridized carbons (Fsp3) is 0.500. The number of carbonyl (C=O) groups excluding carboxylic acids is 1. The Morgan fingerprint density at radius 3 is 2.92 bits per heavy atom. The number of rotatable bonds is 1. The summed E-state index contributed by atoms with van der Waals surface area (Å²) in [6.07, 6.45) is 7.78. The van der Waals surface area contributed by atoms with E-state index in [9.17, 15) is 9.90 Å². The Morgan fingerprint density at radius 2 is 2.25 bits per heavy atom. The maximum absolute atomic E-state index is 12.2. The first-order valence-electron chi connectivity index (χ1n) is 8.38. The van der Waals surface area contributed by atoms with Gasteiger partial charge in [0.1, 0.15) is 5.82 Å². The van der Waals surface area contributed by atoms with E-state index in [0.29, 0.717) is 18.4 Å². The number of imidazole rings is 1. The molecule has 4 rings (SSSR count). The molecule has 0 spiro atoms. The Balaban J connectivity index is 1.86. The third kappa shape index (κ3) is 1.98. The Bertz CT molecular complexity index is 860. The van der Waals surface area contributed by atoms with Gasteiger partial charge in [-0.1, -0.05) is 6.92 Å². The van der Waals surface area contributed by atoms with Gasteiger partial charge in [0.25, 0.3) is 0 Å². The van der Waals surface area contributed by atoms with E-state index in [-0.39, 0.29) is 17.1 Å². The summed E-state index contributed by atoms with van der Waals surface area (Å²) in [5, 5.41) is 13.7. The number of aryl methyl sites for hydroxylation is 2. The first-order chi connectivity index (χ1) is 11.4. The molecule has 0 radical (unpaired) electrons. The zero-order valence-corrected chi connectivity index (χ0v) is 14.3. The summed E-state index contributed by atoms with van der Waals surface area (Å²) >= 11 is 0. The molecule has 2 aromatic rings. The van der Waals surface area contributed by atoms with Crippen LogP contribution in [0.4, 0.5) is 0 Å². The zero-order valence-electron chi connectivity index (χ0n) is 14.3. The molecule has 1 N–H and O–H groups in total. The van der Waals surface area contributed by atoms with E-state index in [1.54, 1.807) is 4.68 Å². The van der Waals surface area contributed by atoms with E-state index in [2.05, 4.69) is 16.6 Å². The fourth-order valence-corrected chi connectivity index (χ4v) is 4.48. The van der Waals surface area contributed by atoms with E-state index in [0.717, 1.165) is 36.3 Å². The number of fused-ring (bicyclic) bond motifs is 3. The van der Waals surface area contributed by atoms with Crippen molar-refractivity contribution in [2.45, 2.75) is 44.9 Å². The van der Waals surface area contributed by atoms with Gasteiger partial charge in [-0.2, -0.15) is 5.10 Å². The molecule has 2 heterocycles. The third-order valence-corrected chi connectivity index (χ3v) is 5.77. The van der Waals surface area contributed by atoms with Gasteiger partial charge in [-0.05, 0) is 32.1 Å². The van der Waals surface area contributed by atoms with E-state index in [1.165, 1.54) is 5.69 Å². The van der Waals surface area contributed by atoms with Crippen molar-refractivity contribution in [3.63, 3.8) is 0 Å². The first kappa shape index (κ1) is 15.2. The Morgan fingerprint density at radius 1 is 1.46 bits per heavy atom. The molecule has 0 amide bonds. The molecule has 0 aliphatic heterocycles. The highest BCUT2D eigenvalue weighted by atomic mass is 16.2. The third-order valence-electron chi connectivity index (χ3n) is 5.77. The summed E-state index contributed by atoms with van der Waals surface area (Å²) in [5.41, 5.74) is 3.64. The van der Waals surface area contributed by atoms with Crippen molar-refractivity contribution in [3.8, 4) is 5.69 Å². The van der Waals surface area contributed by atoms with Crippen molar-refractivity contribution in [1.29, 1.82) is 0 Å². The summed E-state index contributed by atoms with van der Waals surface area (Å²) in [6.45, 7) is 4.20. The number of aliphatic hydroxyl groups excluding tert-OH is 1. The Labute approximate surface area is 140 Å². The van der Waals surface area contributed by atoms with Crippen LogP contribution in [0.25, 0.3) is 5.69 Å². The monoisotopic (exact) mass is 326 g/mol. The number of hydrogen-bond acceptors (Lipinski definition) is 4. The van der Waals surface area contributed by atoms with Gasteiger partial charge in [-0.15, -0.1) is 0 Å². The lowest BCUT2D eigenvalue weighted by molar-refractivity contribution is -0.119. The molecule has 1 fully saturated rings. The highest BCUT2D eigenvalue weighted by Crippen LogP contribution is 2.50. The molecule has 0 saturated heterocycles. The van der Waals surface area contributed by atoms with E-state index < -0.39 is 0 Å². The van der Waals surface area contributed by atoms with E-state index >= 15 is 0 Å². The molecule has 2 unspecified atom stereocenters. The molecule has 6 heteroatoms. The summed E-state index contributed by atoms with van der Waals surface area (Å²) in [7, 11) is 1.91. The molecule has 2 aliphatic carbocycles. The number of ketones is 1. The predicted molar refractivity (Wildman–Crippen MR) is 89.2 cm³/mol. The number of aromatic nitrogens is 4. The minimum absolute atomic E-state index is 0.0758. The highest BCUT2D eigenvalue weighted by Gasteiger charge is 2.48. The maximum Gasteiger partial charge on any atom is 0.162 e. The van der Waals surface area contributed by atoms with Gasteiger partial charge < -0.3 is 5.11 Å². The first-order valence-corrected chi connectivity index (χ1v) is 8.38. The second-order valence-corrected chi connectivity index (χ2v) is 7.27. The SMILES string of the molecule is Cc1nc2c(n1-c1cnn(C)c1)CCC1CC(=O)/C(=C\O)CC21C. The molecule has 0 aromatic carbocycles. The van der Waals surface area contributed by atoms with Gasteiger partial charge in [-0.25, -0.2) is 4.98 Å². The Hall–Kier alpha value is -2.37. The standard InChI is InChI=1S/C18H22N4O2/c1-11-20-17-15(22(11)14-8-19-21(3)9-14)5-4-13-6-16(24)12(10-23)7-18(13,17)2/h8-10,13,23H,4-7H2,1-3H3/b12-10-. The summed E-state index contributed by atoms with van der Waals surface area (Å²) in [4.78, 5) is 17.1. The molecule has 24 heavy (non-hydrogen) atoms. The Kier molecular flexibility index (Phi) is 3.20. The van der Waals surface area contributed by atoms with Crippen LogP contribution in [0.1, 0.15) is 43.4 Å². The zero-order chi connectivity index (χ0) is 17.1. The predicted octanol–water partition coefficient (Wildman–Crippen LogP) is 2.54. The van der Waals surface area contributed by atoms with Gasteiger partial charge in [0.2, 0.25) is 0 Å². The van der Waals surface area contributed by atoms with Crippen LogP contribution >= 0.6 is 0 Å². The van der Waals surface area contributed by atoms with Crippen molar-refractivity contribution in [3.05, 3.63) is 41.4 Å². The molecule has 1 saturated carbocycles. The number of hydrogen-bond donors (Lipinski definition) is 1. The second kappa shape index (κ2) is 5.06. The average molecular weight is 326 g/mol. The minimum atomic E-state index is -0.200. The van der Waals surface area contributed by atoms with Crippen molar-refractivity contribution >= 4 is 5.78 Å². The van der Waals surface area contributed by atoms with Crippen LogP contribution in [0, 0.1) is 12.8 Å². The molecular weight excluding hydrogens is 304 g/mol. The minimum Gasteiger partial charge on any atom is -0.515 e. The lowest BCUT2D eigenvalue weighted by Gasteiger charge is -2.44. The maximum atomic E-state index is 12.2. The number of Topliss-reactive ketones (excluding diaryl/α,β-unsaturated/α-hetero) is 1. The molecule has 2 atom stereocenters. The van der Waals surface area contributed by atoms with Crippen molar-refractivity contribution in [1.82, 2.24) is 19.3 Å². The van der Waals surface area contributed by atoms with Crippen molar-refractivity contribution in [2.75, 3.05) is 0 Å². The normalized spacial score (nSPS) is 28.0. The largest absolute Gasteiger partial charge is 0.515 e. The van der Waals surface area contributed by atoms with Crippen molar-refractivity contribution in [2.24, 2.45) is 13.0 Å². The van der Waals surface area contributed by atoms with Crippen LogP contribution in [0.15, 0.2) is 24.2 Å². The molecular formula is C18H22N4O2. The van der Waals surface area contributed by atoms with Crippen LogP contribution in [0.2, 0.25) is 0 Å². The van der Waals surface area contributed by atoms with Gasteiger partial charge in [-0.3, -0.25) is 14.0 Å². The van der Waals surface area contributed by atoms with Crippen LogP contribution in [-0.4, -0.2) is 30.2 Å². The number of aliphatic hydroxyl groups is 1. The van der Waals surface area contributed by atoms with Crippen molar-refractivity contribution < 1.29 is 9.90 Å². The number of carbonyl (C=O) groups is 1. The van der Waals surface area contributed by atoms with Gasteiger partial charge in [0.05, 0.1) is 23.8 Å². The molecule has 126 valence electrons. The lowest BCUT2D eigenvalue weighted by Crippen LogP contribution is -2.43. The van der Waals surface area contributed by atoms with Crippen LogP contribution < -0.4 is 0 Å². The van der Waals surface area contributed by atoms with Gasteiger partial charge in [0, 0.05) is 36.3 Å². The van der Waals surface area contributed by atoms with E-state index in [1.807, 2.05) is 26.4 Å². The quantitative estimate of drug-likeness (QED) is 0.645. The molecule has 2 aromatic heterocycles. The smallest absolute Gasteiger partial charge is 0.162 e.